The summed E-state index contributed by atoms with van der Waals surface area (Å²) < 4.78 is 34.8. The zero-order valence-corrected chi connectivity index (χ0v) is 12.4. The van der Waals surface area contributed by atoms with Gasteiger partial charge in [0.25, 0.3) is 0 Å². The fourth-order valence-electron chi connectivity index (χ4n) is 1.39. The van der Waals surface area contributed by atoms with E-state index in [0.717, 1.165) is 0 Å². The van der Waals surface area contributed by atoms with Crippen LogP contribution < -0.4 is 10.6 Å². The molecule has 0 bridgehead atoms. The van der Waals surface area contributed by atoms with Crippen LogP contribution in [-0.4, -0.2) is 31.6 Å². The maximum Gasteiger partial charge on any atom is 0.170 e. The van der Waals surface area contributed by atoms with Crippen LogP contribution in [0.15, 0.2) is 24.3 Å². The minimum Gasteiger partial charge on any atom is -0.360 e. The van der Waals surface area contributed by atoms with Gasteiger partial charge in [-0.3, -0.25) is 0 Å². The van der Waals surface area contributed by atoms with Crippen molar-refractivity contribution in [2.75, 3.05) is 17.3 Å². The van der Waals surface area contributed by atoms with E-state index in [0.29, 0.717) is 17.2 Å². The summed E-state index contributed by atoms with van der Waals surface area (Å²) in [5.41, 5.74) is 0.675. The van der Waals surface area contributed by atoms with Gasteiger partial charge in [-0.1, -0.05) is 0 Å². The molecule has 0 spiro atoms. The fraction of sp³-hybridized carbons (Fsp3) is 0.417. The Morgan fingerprint density at radius 1 is 1.37 bits per heavy atom. The molecule has 1 aromatic rings. The van der Waals surface area contributed by atoms with Gasteiger partial charge in [-0.05, 0) is 49.8 Å². The third-order valence-electron chi connectivity index (χ3n) is 2.40. The molecule has 1 rings (SSSR count). The van der Waals surface area contributed by atoms with E-state index in [2.05, 4.69) is 10.6 Å². The molecule has 0 aliphatic carbocycles. The van der Waals surface area contributed by atoms with Crippen molar-refractivity contribution in [3.8, 4) is 0 Å². The first-order valence-electron chi connectivity index (χ1n) is 5.77. The van der Waals surface area contributed by atoms with Crippen LogP contribution in [0.4, 0.5) is 10.1 Å². The number of halogens is 1. The minimum atomic E-state index is -2.96. The number of sulfone groups is 1. The van der Waals surface area contributed by atoms with Gasteiger partial charge in [0.1, 0.15) is 15.7 Å². The van der Waals surface area contributed by atoms with Gasteiger partial charge in [0.15, 0.2) is 5.11 Å². The van der Waals surface area contributed by atoms with Gasteiger partial charge in [-0.25, -0.2) is 12.8 Å². The Morgan fingerprint density at radius 2 is 1.95 bits per heavy atom. The lowest BCUT2D eigenvalue weighted by atomic mass is 10.3. The summed E-state index contributed by atoms with van der Waals surface area (Å²) in [5, 5.41) is 6.26. The SMILES string of the molecule is C[C@H](CCS(C)(=O)=O)NC(=S)Nc1ccc(F)cc1. The molecule has 0 radical (unpaired) electrons. The van der Waals surface area contributed by atoms with Gasteiger partial charge in [0.05, 0.1) is 5.75 Å². The lowest BCUT2D eigenvalue weighted by Crippen LogP contribution is -2.36. The van der Waals surface area contributed by atoms with Crippen LogP contribution in [0.3, 0.4) is 0 Å². The molecular formula is C12H17FN2O2S2. The normalized spacial score (nSPS) is 12.8. The van der Waals surface area contributed by atoms with Crippen molar-refractivity contribution >= 4 is 32.9 Å². The third-order valence-corrected chi connectivity index (χ3v) is 3.60. The summed E-state index contributed by atoms with van der Waals surface area (Å²) in [7, 11) is -2.96. The summed E-state index contributed by atoms with van der Waals surface area (Å²) in [5.74, 6) is -0.203. The van der Waals surface area contributed by atoms with Crippen LogP contribution in [-0.2, 0) is 9.84 Å². The molecule has 19 heavy (non-hydrogen) atoms. The monoisotopic (exact) mass is 304 g/mol. The first kappa shape index (κ1) is 15.8. The summed E-state index contributed by atoms with van der Waals surface area (Å²) in [6.45, 7) is 1.85. The van der Waals surface area contributed by atoms with Crippen LogP contribution in [0, 0.1) is 5.82 Å². The van der Waals surface area contributed by atoms with Crippen molar-refractivity contribution < 1.29 is 12.8 Å². The zero-order valence-electron chi connectivity index (χ0n) is 10.8. The highest BCUT2D eigenvalue weighted by atomic mass is 32.2. The van der Waals surface area contributed by atoms with Crippen molar-refractivity contribution in [3.63, 3.8) is 0 Å². The van der Waals surface area contributed by atoms with Crippen molar-refractivity contribution in [3.05, 3.63) is 30.1 Å². The second kappa shape index (κ2) is 6.81. The Kier molecular flexibility index (Phi) is 5.68. The van der Waals surface area contributed by atoms with E-state index in [-0.39, 0.29) is 17.6 Å². The van der Waals surface area contributed by atoms with Gasteiger partial charge in [-0.2, -0.15) is 0 Å². The molecule has 2 N–H and O–H groups in total. The Balaban J connectivity index is 2.40. The Labute approximate surface area is 118 Å². The standard InChI is InChI=1S/C12H17FN2O2S2/c1-9(7-8-19(2,16)17)14-12(18)15-11-5-3-10(13)4-6-11/h3-6,9H,7-8H2,1-2H3,(H2,14,15,18)/t9-/m1/s1. The molecule has 7 heteroatoms. The van der Waals surface area contributed by atoms with Crippen LogP contribution in [0.5, 0.6) is 0 Å². The van der Waals surface area contributed by atoms with Crippen LogP contribution in [0.1, 0.15) is 13.3 Å². The number of hydrogen-bond donors (Lipinski definition) is 2. The Morgan fingerprint density at radius 3 is 2.47 bits per heavy atom. The average Bonchev–Trinajstić information content (AvgIpc) is 2.29. The molecule has 1 atom stereocenters. The summed E-state index contributed by atoms with van der Waals surface area (Å²) in [6.07, 6.45) is 1.68. The number of rotatable bonds is 5. The Bertz CT molecular complexity index is 529. The number of anilines is 1. The topological polar surface area (TPSA) is 58.2 Å². The van der Waals surface area contributed by atoms with Gasteiger partial charge in [0, 0.05) is 18.0 Å². The lowest BCUT2D eigenvalue weighted by molar-refractivity contribution is 0.585. The molecule has 106 valence electrons. The molecule has 0 aromatic heterocycles. The Hall–Kier alpha value is -1.21. The minimum absolute atomic E-state index is 0.0600. The van der Waals surface area contributed by atoms with Crippen LogP contribution >= 0.6 is 12.2 Å². The van der Waals surface area contributed by atoms with Crippen LogP contribution in [0.2, 0.25) is 0 Å². The number of nitrogens with one attached hydrogen (secondary N) is 2. The largest absolute Gasteiger partial charge is 0.360 e. The number of thiocarbonyl (C=S) groups is 1. The van der Waals surface area contributed by atoms with E-state index in [1.165, 1.54) is 18.4 Å². The van der Waals surface area contributed by atoms with Crippen molar-refractivity contribution in [1.82, 2.24) is 5.32 Å². The smallest absolute Gasteiger partial charge is 0.170 e. The molecule has 1 aromatic carbocycles. The van der Waals surface area contributed by atoms with E-state index in [4.69, 9.17) is 12.2 Å². The summed E-state index contributed by atoms with van der Waals surface area (Å²) >= 11 is 5.09. The van der Waals surface area contributed by atoms with E-state index < -0.39 is 9.84 Å². The van der Waals surface area contributed by atoms with Gasteiger partial charge < -0.3 is 10.6 Å². The molecule has 0 aliphatic rings. The second-order valence-electron chi connectivity index (χ2n) is 4.42. The molecular weight excluding hydrogens is 287 g/mol. The van der Waals surface area contributed by atoms with E-state index in [9.17, 15) is 12.8 Å². The van der Waals surface area contributed by atoms with E-state index in [1.807, 2.05) is 6.92 Å². The highest BCUT2D eigenvalue weighted by Gasteiger charge is 2.09. The molecule has 4 nitrogen and oxygen atoms in total. The van der Waals surface area contributed by atoms with Crippen molar-refractivity contribution in [2.45, 2.75) is 19.4 Å². The number of hydrogen-bond acceptors (Lipinski definition) is 3. The maximum atomic E-state index is 12.7. The first-order valence-corrected chi connectivity index (χ1v) is 8.24. The number of benzene rings is 1. The fourth-order valence-corrected chi connectivity index (χ4v) is 2.49. The van der Waals surface area contributed by atoms with Gasteiger partial charge >= 0.3 is 0 Å². The molecule has 0 unspecified atom stereocenters. The van der Waals surface area contributed by atoms with E-state index >= 15 is 0 Å². The van der Waals surface area contributed by atoms with Gasteiger partial charge in [0.2, 0.25) is 0 Å². The molecule has 0 aliphatic heterocycles. The molecule has 0 amide bonds. The zero-order chi connectivity index (χ0) is 14.5. The molecule has 0 heterocycles. The third kappa shape index (κ3) is 7.07. The maximum absolute atomic E-state index is 12.7. The average molecular weight is 304 g/mol. The van der Waals surface area contributed by atoms with E-state index in [1.54, 1.807) is 12.1 Å². The molecule has 0 fully saturated rings. The first-order chi connectivity index (χ1) is 8.76. The quantitative estimate of drug-likeness (QED) is 0.814. The highest BCUT2D eigenvalue weighted by molar-refractivity contribution is 7.90. The molecule has 0 saturated heterocycles. The van der Waals surface area contributed by atoms with Crippen LogP contribution in [0.25, 0.3) is 0 Å². The summed E-state index contributed by atoms with van der Waals surface area (Å²) in [4.78, 5) is 0. The second-order valence-corrected chi connectivity index (χ2v) is 7.09. The highest BCUT2D eigenvalue weighted by Crippen LogP contribution is 2.08. The van der Waals surface area contributed by atoms with Gasteiger partial charge in [-0.15, -0.1) is 0 Å². The summed E-state index contributed by atoms with van der Waals surface area (Å²) in [6, 6.07) is 5.75. The predicted octanol–water partition coefficient (Wildman–Crippen LogP) is 1.94. The predicted molar refractivity (Wildman–Crippen MR) is 79.5 cm³/mol. The van der Waals surface area contributed by atoms with Crippen molar-refractivity contribution in [2.24, 2.45) is 0 Å². The molecule has 0 saturated carbocycles. The van der Waals surface area contributed by atoms with Crippen molar-refractivity contribution in [1.29, 1.82) is 0 Å². The lowest BCUT2D eigenvalue weighted by Gasteiger charge is -2.16.